The molecule has 17 heavy (non-hydrogen) atoms. The van der Waals surface area contributed by atoms with E-state index in [1.807, 2.05) is 0 Å². The Morgan fingerprint density at radius 2 is 2.47 bits per heavy atom. The first-order valence-corrected chi connectivity index (χ1v) is 7.08. The van der Waals surface area contributed by atoms with Crippen molar-refractivity contribution in [3.05, 3.63) is 12.3 Å². The molecule has 0 aliphatic carbocycles. The molecule has 0 spiro atoms. The molecule has 1 aliphatic rings. The Labute approximate surface area is 101 Å². The maximum Gasteiger partial charge on any atom is 0.259 e. The van der Waals surface area contributed by atoms with Crippen LogP contribution in [0.1, 0.15) is 12.8 Å². The van der Waals surface area contributed by atoms with Gasteiger partial charge >= 0.3 is 0 Å². The van der Waals surface area contributed by atoms with Gasteiger partial charge in [-0.3, -0.25) is 5.10 Å². The van der Waals surface area contributed by atoms with E-state index >= 15 is 0 Å². The van der Waals surface area contributed by atoms with Crippen molar-refractivity contribution in [1.82, 2.24) is 14.5 Å². The van der Waals surface area contributed by atoms with Crippen molar-refractivity contribution < 1.29 is 13.2 Å². The third kappa shape index (κ3) is 2.85. The lowest BCUT2D eigenvalue weighted by Crippen LogP contribution is -2.35. The van der Waals surface area contributed by atoms with Crippen molar-refractivity contribution in [1.29, 1.82) is 0 Å². The van der Waals surface area contributed by atoms with Gasteiger partial charge in [-0.1, -0.05) is 0 Å². The molecule has 1 N–H and O–H groups in total. The number of hydrogen-bond donors (Lipinski definition) is 1. The molecule has 1 aromatic rings. The molecule has 1 saturated heterocycles. The highest BCUT2D eigenvalue weighted by atomic mass is 32.2. The Balaban J connectivity index is 2.01. The number of aromatic nitrogens is 2. The lowest BCUT2D eigenvalue weighted by Gasteiger charge is -2.26. The highest BCUT2D eigenvalue weighted by Gasteiger charge is 2.25. The Kier molecular flexibility index (Phi) is 3.80. The predicted molar refractivity (Wildman–Crippen MR) is 61.9 cm³/mol. The summed E-state index contributed by atoms with van der Waals surface area (Å²) in [6.07, 6.45) is 3.45. The van der Waals surface area contributed by atoms with Gasteiger partial charge in [0.05, 0.1) is 12.8 Å². The second-order valence-electron chi connectivity index (χ2n) is 4.29. The second-order valence-corrected chi connectivity index (χ2v) is 6.30. The number of sulfonamides is 1. The number of ether oxygens (including phenoxy) is 1. The number of H-pyrrole nitrogens is 1. The van der Waals surface area contributed by atoms with Crippen LogP contribution in [0.15, 0.2) is 17.3 Å². The minimum absolute atomic E-state index is 0.136. The minimum atomic E-state index is -3.44. The summed E-state index contributed by atoms with van der Waals surface area (Å²) >= 11 is 0. The quantitative estimate of drug-likeness (QED) is 0.852. The number of hydrogen-bond acceptors (Lipinski definition) is 4. The third-order valence-electron chi connectivity index (χ3n) is 2.93. The van der Waals surface area contributed by atoms with Gasteiger partial charge in [-0.25, -0.2) is 8.42 Å². The molecule has 0 bridgehead atoms. The summed E-state index contributed by atoms with van der Waals surface area (Å²) in [5.41, 5.74) is 0. The molecular weight excluding hydrogens is 242 g/mol. The van der Waals surface area contributed by atoms with Crippen LogP contribution in [0.5, 0.6) is 0 Å². The summed E-state index contributed by atoms with van der Waals surface area (Å²) < 4.78 is 30.9. The van der Waals surface area contributed by atoms with E-state index in [-0.39, 0.29) is 10.9 Å². The lowest BCUT2D eigenvalue weighted by atomic mass is 10.0. The molecule has 7 heteroatoms. The first-order chi connectivity index (χ1) is 8.10. The van der Waals surface area contributed by atoms with E-state index in [4.69, 9.17) is 4.74 Å². The van der Waals surface area contributed by atoms with Gasteiger partial charge in [-0.15, -0.1) is 0 Å². The smallest absolute Gasteiger partial charge is 0.259 e. The molecule has 96 valence electrons. The van der Waals surface area contributed by atoms with Crippen molar-refractivity contribution >= 4 is 10.0 Å². The number of rotatable bonds is 4. The molecule has 0 amide bonds. The van der Waals surface area contributed by atoms with Crippen LogP contribution in [0, 0.1) is 5.92 Å². The van der Waals surface area contributed by atoms with Crippen molar-refractivity contribution in [3.63, 3.8) is 0 Å². The van der Waals surface area contributed by atoms with Crippen LogP contribution in [-0.4, -0.2) is 49.7 Å². The minimum Gasteiger partial charge on any atom is -0.381 e. The zero-order valence-electron chi connectivity index (χ0n) is 9.80. The van der Waals surface area contributed by atoms with Crippen molar-refractivity contribution in [2.24, 2.45) is 5.92 Å². The van der Waals surface area contributed by atoms with Crippen LogP contribution < -0.4 is 0 Å². The third-order valence-corrected chi connectivity index (χ3v) is 4.69. The number of aromatic amines is 1. The van der Waals surface area contributed by atoms with Gasteiger partial charge in [0.1, 0.15) is 0 Å². The standard InChI is InChI=1S/C10H17N3O3S/c1-13(7-9-3-2-6-16-8-9)17(14,15)10-4-5-11-12-10/h4-5,9H,2-3,6-8H2,1H3,(H,11,12). The molecule has 2 rings (SSSR count). The van der Waals surface area contributed by atoms with E-state index in [1.54, 1.807) is 7.05 Å². The SMILES string of the molecule is CN(CC1CCCOC1)S(=O)(=O)c1ccn[nH]1. The molecule has 1 unspecified atom stereocenters. The summed E-state index contributed by atoms with van der Waals surface area (Å²) in [6.45, 7) is 1.91. The number of nitrogens with zero attached hydrogens (tertiary/aromatic N) is 2. The van der Waals surface area contributed by atoms with E-state index in [2.05, 4.69) is 10.2 Å². The summed E-state index contributed by atoms with van der Waals surface area (Å²) in [5.74, 6) is 0.284. The first kappa shape index (κ1) is 12.5. The molecule has 1 aliphatic heterocycles. The summed E-state index contributed by atoms with van der Waals surface area (Å²) in [4.78, 5) is 0. The summed E-state index contributed by atoms with van der Waals surface area (Å²) in [5, 5.41) is 6.28. The van der Waals surface area contributed by atoms with Gasteiger partial charge in [-0.2, -0.15) is 9.40 Å². The van der Waals surface area contributed by atoms with Gasteiger partial charge in [0.25, 0.3) is 10.0 Å². The van der Waals surface area contributed by atoms with E-state index in [0.29, 0.717) is 13.2 Å². The van der Waals surface area contributed by atoms with Gasteiger partial charge < -0.3 is 4.74 Å². The highest BCUT2D eigenvalue weighted by Crippen LogP contribution is 2.18. The van der Waals surface area contributed by atoms with Gasteiger partial charge in [0, 0.05) is 20.2 Å². The van der Waals surface area contributed by atoms with E-state index in [9.17, 15) is 8.42 Å². The van der Waals surface area contributed by atoms with Crippen LogP contribution in [0.2, 0.25) is 0 Å². The largest absolute Gasteiger partial charge is 0.381 e. The highest BCUT2D eigenvalue weighted by molar-refractivity contribution is 7.89. The van der Waals surface area contributed by atoms with Crippen molar-refractivity contribution in [2.45, 2.75) is 17.9 Å². The Morgan fingerprint density at radius 3 is 3.06 bits per heavy atom. The van der Waals surface area contributed by atoms with E-state index in [0.717, 1.165) is 19.4 Å². The lowest BCUT2D eigenvalue weighted by molar-refractivity contribution is 0.0495. The van der Waals surface area contributed by atoms with Crippen molar-refractivity contribution in [2.75, 3.05) is 26.8 Å². The molecular formula is C10H17N3O3S. The zero-order chi connectivity index (χ0) is 12.3. The van der Waals surface area contributed by atoms with Crippen LogP contribution in [0.3, 0.4) is 0 Å². The molecule has 1 atom stereocenters. The molecule has 0 aromatic carbocycles. The molecule has 0 saturated carbocycles. The van der Waals surface area contributed by atoms with Gasteiger partial charge in [-0.05, 0) is 24.8 Å². The molecule has 0 radical (unpaired) electrons. The monoisotopic (exact) mass is 259 g/mol. The van der Waals surface area contributed by atoms with Gasteiger partial charge in [0.15, 0.2) is 5.03 Å². The normalized spacial score (nSPS) is 21.9. The molecule has 1 aromatic heterocycles. The zero-order valence-corrected chi connectivity index (χ0v) is 10.6. The maximum absolute atomic E-state index is 12.1. The maximum atomic E-state index is 12.1. The summed E-state index contributed by atoms with van der Waals surface area (Å²) in [7, 11) is -1.85. The van der Waals surface area contributed by atoms with Crippen LogP contribution in [0.25, 0.3) is 0 Å². The molecule has 6 nitrogen and oxygen atoms in total. The fraction of sp³-hybridized carbons (Fsp3) is 0.700. The topological polar surface area (TPSA) is 75.3 Å². The second kappa shape index (κ2) is 5.16. The molecule has 2 heterocycles. The van der Waals surface area contributed by atoms with E-state index in [1.165, 1.54) is 16.6 Å². The number of nitrogens with one attached hydrogen (secondary N) is 1. The average Bonchev–Trinajstić information content (AvgIpc) is 2.84. The van der Waals surface area contributed by atoms with Crippen LogP contribution >= 0.6 is 0 Å². The van der Waals surface area contributed by atoms with E-state index < -0.39 is 10.0 Å². The fourth-order valence-corrected chi connectivity index (χ4v) is 3.11. The van der Waals surface area contributed by atoms with Crippen LogP contribution in [-0.2, 0) is 14.8 Å². The first-order valence-electron chi connectivity index (χ1n) is 5.64. The molecule has 1 fully saturated rings. The van der Waals surface area contributed by atoms with Crippen LogP contribution in [0.4, 0.5) is 0 Å². The average molecular weight is 259 g/mol. The van der Waals surface area contributed by atoms with Crippen molar-refractivity contribution in [3.8, 4) is 0 Å². The fourth-order valence-electron chi connectivity index (χ4n) is 1.97. The predicted octanol–water partition coefficient (Wildman–Crippen LogP) is 0.457. The Hall–Kier alpha value is -0.920. The van der Waals surface area contributed by atoms with Gasteiger partial charge in [0.2, 0.25) is 0 Å². The Bertz CT molecular complexity index is 437. The summed E-state index contributed by atoms with van der Waals surface area (Å²) in [6, 6.07) is 1.46. The Morgan fingerprint density at radius 1 is 1.65 bits per heavy atom.